The number of benzene rings is 1. The zero-order chi connectivity index (χ0) is 22.8. The molecule has 2 aromatic rings. The van der Waals surface area contributed by atoms with E-state index in [1.165, 1.54) is 5.56 Å². The normalized spacial score (nSPS) is 13.1. The lowest BCUT2D eigenvalue weighted by atomic mass is 10.1. The van der Waals surface area contributed by atoms with Crippen LogP contribution in [0.3, 0.4) is 0 Å². The van der Waals surface area contributed by atoms with Crippen molar-refractivity contribution in [2.24, 2.45) is 0 Å². The molecule has 0 N–H and O–H groups in total. The second-order valence-corrected chi connectivity index (χ2v) is 7.92. The van der Waals surface area contributed by atoms with Gasteiger partial charge in [0.2, 0.25) is 5.91 Å². The van der Waals surface area contributed by atoms with Crippen LogP contribution in [0.15, 0.2) is 46.9 Å². The summed E-state index contributed by atoms with van der Waals surface area (Å²) in [6, 6.07) is 13.5. The second kappa shape index (κ2) is 12.3. The molecule has 0 unspecified atom stereocenters. The van der Waals surface area contributed by atoms with Crippen molar-refractivity contribution in [2.75, 3.05) is 19.7 Å². The van der Waals surface area contributed by atoms with Crippen molar-refractivity contribution in [2.45, 2.75) is 66.1 Å². The van der Waals surface area contributed by atoms with Gasteiger partial charge in [-0.25, -0.2) is 0 Å². The Kier molecular flexibility index (Phi) is 9.79. The molecule has 2 atom stereocenters. The third-order valence-corrected chi connectivity index (χ3v) is 5.61. The van der Waals surface area contributed by atoms with Gasteiger partial charge in [0.25, 0.3) is 0 Å². The first-order valence-corrected chi connectivity index (χ1v) is 11.1. The van der Waals surface area contributed by atoms with Crippen LogP contribution in [-0.4, -0.2) is 53.5 Å². The standard InChI is InChI=1S/C25H36N2O4/c1-6-19(3)27(21(5)25(29)30-7-2)18-24(28)26(17-23-14-13-20(4)31-23)16-15-22-11-9-8-10-12-22/h8-14,19,21H,6-7,15-18H2,1-5H3/t19-,21-/m0/s1. The summed E-state index contributed by atoms with van der Waals surface area (Å²) < 4.78 is 10.9. The molecule has 170 valence electrons. The monoisotopic (exact) mass is 428 g/mol. The summed E-state index contributed by atoms with van der Waals surface area (Å²) in [6.45, 7) is 11.0. The molecule has 0 aliphatic rings. The van der Waals surface area contributed by atoms with Crippen LogP contribution in [0, 0.1) is 6.92 Å². The van der Waals surface area contributed by atoms with Gasteiger partial charge in [-0.15, -0.1) is 0 Å². The molecule has 6 nitrogen and oxygen atoms in total. The first-order valence-electron chi connectivity index (χ1n) is 11.1. The highest BCUT2D eigenvalue weighted by atomic mass is 16.5. The second-order valence-electron chi connectivity index (χ2n) is 7.92. The van der Waals surface area contributed by atoms with Crippen LogP contribution < -0.4 is 0 Å². The summed E-state index contributed by atoms with van der Waals surface area (Å²) in [4.78, 5) is 29.5. The molecule has 0 fully saturated rings. The van der Waals surface area contributed by atoms with E-state index in [2.05, 4.69) is 19.1 Å². The highest BCUT2D eigenvalue weighted by Crippen LogP contribution is 2.15. The van der Waals surface area contributed by atoms with Crippen molar-refractivity contribution in [3.05, 3.63) is 59.5 Å². The molecule has 0 aliphatic heterocycles. The third kappa shape index (κ3) is 7.55. The molecule has 1 amide bonds. The Bertz CT molecular complexity index is 818. The van der Waals surface area contributed by atoms with Crippen molar-refractivity contribution < 1.29 is 18.7 Å². The Morgan fingerprint density at radius 2 is 1.77 bits per heavy atom. The van der Waals surface area contributed by atoms with Gasteiger partial charge in [-0.2, -0.15) is 0 Å². The van der Waals surface area contributed by atoms with Gasteiger partial charge in [-0.05, 0) is 58.2 Å². The fourth-order valence-corrected chi connectivity index (χ4v) is 3.52. The highest BCUT2D eigenvalue weighted by molar-refractivity contribution is 5.80. The smallest absolute Gasteiger partial charge is 0.323 e. The Morgan fingerprint density at radius 3 is 2.35 bits per heavy atom. The van der Waals surface area contributed by atoms with E-state index >= 15 is 0 Å². The van der Waals surface area contributed by atoms with Crippen LogP contribution in [0.5, 0.6) is 0 Å². The van der Waals surface area contributed by atoms with Crippen LogP contribution >= 0.6 is 0 Å². The zero-order valence-corrected chi connectivity index (χ0v) is 19.5. The molecule has 2 rings (SSSR count). The van der Waals surface area contributed by atoms with E-state index in [4.69, 9.17) is 9.15 Å². The summed E-state index contributed by atoms with van der Waals surface area (Å²) in [7, 11) is 0. The predicted octanol–water partition coefficient (Wildman–Crippen LogP) is 4.21. The number of amides is 1. The Morgan fingerprint density at radius 1 is 1.06 bits per heavy atom. The van der Waals surface area contributed by atoms with E-state index in [1.807, 2.05) is 60.9 Å². The van der Waals surface area contributed by atoms with Crippen molar-refractivity contribution in [3.8, 4) is 0 Å². The van der Waals surface area contributed by atoms with Gasteiger partial charge in [0, 0.05) is 12.6 Å². The molecule has 0 aliphatic carbocycles. The number of hydrogen-bond acceptors (Lipinski definition) is 5. The maximum absolute atomic E-state index is 13.4. The van der Waals surface area contributed by atoms with Gasteiger partial charge in [0.1, 0.15) is 17.6 Å². The fourth-order valence-electron chi connectivity index (χ4n) is 3.52. The molecule has 0 bridgehead atoms. The lowest BCUT2D eigenvalue weighted by Crippen LogP contribution is -2.50. The number of carbonyl (C=O) groups is 2. The Balaban J connectivity index is 2.16. The quantitative estimate of drug-likeness (QED) is 0.474. The first-order chi connectivity index (χ1) is 14.8. The molecule has 0 saturated heterocycles. The van der Waals surface area contributed by atoms with E-state index < -0.39 is 6.04 Å². The van der Waals surface area contributed by atoms with Gasteiger partial charge >= 0.3 is 5.97 Å². The number of furan rings is 1. The van der Waals surface area contributed by atoms with Gasteiger partial charge in [-0.3, -0.25) is 14.5 Å². The number of rotatable bonds is 12. The molecule has 0 spiro atoms. The van der Waals surface area contributed by atoms with Crippen molar-refractivity contribution in [3.63, 3.8) is 0 Å². The SMILES string of the molecule is CCOC(=O)[C@H](C)N(CC(=O)N(CCc1ccccc1)Cc1ccc(C)o1)[C@@H](C)CC. The summed E-state index contributed by atoms with van der Waals surface area (Å²) in [5.41, 5.74) is 1.18. The third-order valence-electron chi connectivity index (χ3n) is 5.61. The summed E-state index contributed by atoms with van der Waals surface area (Å²) in [5.74, 6) is 1.25. The maximum Gasteiger partial charge on any atom is 0.323 e. The molecule has 31 heavy (non-hydrogen) atoms. The van der Waals surface area contributed by atoms with E-state index in [0.29, 0.717) is 19.7 Å². The Hall–Kier alpha value is -2.60. The van der Waals surface area contributed by atoms with Crippen molar-refractivity contribution in [1.29, 1.82) is 0 Å². The molecule has 1 heterocycles. The topological polar surface area (TPSA) is 63.0 Å². The van der Waals surface area contributed by atoms with E-state index in [-0.39, 0.29) is 24.5 Å². The van der Waals surface area contributed by atoms with Crippen LogP contribution in [0.25, 0.3) is 0 Å². The molecular weight excluding hydrogens is 392 g/mol. The van der Waals surface area contributed by atoms with Crippen LogP contribution in [0.4, 0.5) is 0 Å². The summed E-state index contributed by atoms with van der Waals surface area (Å²) in [5, 5.41) is 0. The number of esters is 1. The van der Waals surface area contributed by atoms with E-state index in [1.54, 1.807) is 6.92 Å². The minimum Gasteiger partial charge on any atom is -0.465 e. The molecular formula is C25H36N2O4. The minimum atomic E-state index is -0.485. The summed E-state index contributed by atoms with van der Waals surface area (Å²) >= 11 is 0. The molecule has 0 saturated carbocycles. The number of carbonyl (C=O) groups excluding carboxylic acids is 2. The van der Waals surface area contributed by atoms with Crippen LogP contribution in [0.1, 0.15) is 51.2 Å². The number of hydrogen-bond donors (Lipinski definition) is 0. The van der Waals surface area contributed by atoms with Gasteiger partial charge in [-0.1, -0.05) is 37.3 Å². The summed E-state index contributed by atoms with van der Waals surface area (Å²) in [6.07, 6.45) is 1.58. The Labute approximate surface area is 186 Å². The lowest BCUT2D eigenvalue weighted by molar-refractivity contribution is -0.151. The highest BCUT2D eigenvalue weighted by Gasteiger charge is 2.29. The zero-order valence-electron chi connectivity index (χ0n) is 19.5. The fraction of sp³-hybridized carbons (Fsp3) is 0.520. The average Bonchev–Trinajstić information content (AvgIpc) is 3.19. The average molecular weight is 429 g/mol. The molecule has 1 aromatic heterocycles. The maximum atomic E-state index is 13.4. The minimum absolute atomic E-state index is 0.0265. The van der Waals surface area contributed by atoms with Crippen LogP contribution in [-0.2, 0) is 27.3 Å². The molecule has 1 aromatic carbocycles. The van der Waals surface area contributed by atoms with Crippen molar-refractivity contribution in [1.82, 2.24) is 9.80 Å². The van der Waals surface area contributed by atoms with E-state index in [9.17, 15) is 9.59 Å². The van der Waals surface area contributed by atoms with Gasteiger partial charge in [0.15, 0.2) is 0 Å². The number of aryl methyl sites for hydroxylation is 1. The number of nitrogens with zero attached hydrogens (tertiary/aromatic N) is 2. The van der Waals surface area contributed by atoms with Crippen molar-refractivity contribution >= 4 is 11.9 Å². The van der Waals surface area contributed by atoms with Crippen LogP contribution in [0.2, 0.25) is 0 Å². The molecule has 0 radical (unpaired) electrons. The number of ether oxygens (including phenoxy) is 1. The van der Waals surface area contributed by atoms with Gasteiger partial charge in [0.05, 0.1) is 19.7 Å². The first kappa shape index (κ1) is 24.7. The predicted molar refractivity (Wildman–Crippen MR) is 122 cm³/mol. The lowest BCUT2D eigenvalue weighted by Gasteiger charge is -2.34. The van der Waals surface area contributed by atoms with E-state index in [0.717, 1.165) is 24.4 Å². The van der Waals surface area contributed by atoms with Gasteiger partial charge < -0.3 is 14.1 Å². The largest absolute Gasteiger partial charge is 0.465 e. The molecule has 6 heteroatoms.